The zero-order chi connectivity index (χ0) is 12.8. The van der Waals surface area contributed by atoms with E-state index in [9.17, 15) is 4.79 Å². The van der Waals surface area contributed by atoms with E-state index in [0.717, 1.165) is 10.0 Å². The summed E-state index contributed by atoms with van der Waals surface area (Å²) in [5.41, 5.74) is 1.13. The predicted molar refractivity (Wildman–Crippen MR) is 81.0 cm³/mol. The number of hydrogen-bond acceptors (Lipinski definition) is 2. The Hall–Kier alpha value is -0.580. The van der Waals surface area contributed by atoms with Gasteiger partial charge in [0.25, 0.3) is 0 Å². The van der Waals surface area contributed by atoms with Gasteiger partial charge in [-0.05, 0) is 18.7 Å². The van der Waals surface area contributed by atoms with Gasteiger partial charge in [-0.15, -0.1) is 12.4 Å². The third-order valence-electron chi connectivity index (χ3n) is 2.67. The van der Waals surface area contributed by atoms with E-state index in [-0.39, 0.29) is 24.2 Å². The molecule has 0 aromatic heterocycles. The number of benzene rings is 1. The molecule has 1 N–H and O–H groups in total. The number of carbonyl (C=O) groups excluding carboxylic acids is 1. The number of hydrogen-bond donors (Lipinski definition) is 1. The number of amides is 1. The van der Waals surface area contributed by atoms with E-state index in [2.05, 4.69) is 21.2 Å². The first-order valence-corrected chi connectivity index (χ1v) is 6.48. The number of nitrogens with one attached hydrogen (secondary N) is 1. The molecule has 3 nitrogen and oxygen atoms in total. The van der Waals surface area contributed by atoms with Crippen molar-refractivity contribution in [1.29, 1.82) is 0 Å². The zero-order valence-corrected chi connectivity index (χ0v) is 13.3. The van der Waals surface area contributed by atoms with E-state index in [4.69, 9.17) is 0 Å². The lowest BCUT2D eigenvalue weighted by molar-refractivity contribution is -0.134. The molecule has 18 heavy (non-hydrogen) atoms. The Morgan fingerprint density at radius 1 is 1.44 bits per heavy atom. The van der Waals surface area contributed by atoms with Crippen LogP contribution in [0.15, 0.2) is 28.7 Å². The highest BCUT2D eigenvalue weighted by Gasteiger charge is 2.17. The Morgan fingerprint density at radius 2 is 2.06 bits per heavy atom. The number of carbonyl (C=O) groups is 1. The Bertz CT molecular complexity index is 387. The summed E-state index contributed by atoms with van der Waals surface area (Å²) >= 11 is 3.49. The molecule has 1 amide bonds. The smallest absolute Gasteiger partial charge is 0.226 e. The summed E-state index contributed by atoms with van der Waals surface area (Å²) in [4.78, 5) is 13.8. The molecule has 0 aliphatic carbocycles. The lowest BCUT2D eigenvalue weighted by atomic mass is 10.1. The highest BCUT2D eigenvalue weighted by molar-refractivity contribution is 9.10. The normalized spacial score (nSPS) is 11.6. The maximum absolute atomic E-state index is 12.0. The largest absolute Gasteiger partial charge is 0.341 e. The highest BCUT2D eigenvalue weighted by atomic mass is 79.9. The lowest BCUT2D eigenvalue weighted by Gasteiger charge is -2.21. The molecule has 0 bridgehead atoms. The van der Waals surface area contributed by atoms with Gasteiger partial charge in [0.15, 0.2) is 0 Å². The Balaban J connectivity index is 0.00000289. The molecule has 0 spiro atoms. The Labute approximate surface area is 123 Å². The van der Waals surface area contributed by atoms with Crippen LogP contribution in [0.25, 0.3) is 0 Å². The fourth-order valence-electron chi connectivity index (χ4n) is 1.73. The summed E-state index contributed by atoms with van der Waals surface area (Å²) in [6, 6.07) is 7.97. The van der Waals surface area contributed by atoms with Gasteiger partial charge in [0.05, 0.1) is 0 Å². The maximum atomic E-state index is 12.0. The molecule has 1 aromatic rings. The van der Waals surface area contributed by atoms with E-state index >= 15 is 0 Å². The monoisotopic (exact) mass is 334 g/mol. The molecule has 0 aliphatic rings. The van der Waals surface area contributed by atoms with Crippen LogP contribution in [-0.2, 0) is 11.3 Å². The number of nitrogens with zero attached hydrogens (tertiary/aromatic N) is 1. The second-order valence-electron chi connectivity index (χ2n) is 4.24. The van der Waals surface area contributed by atoms with Crippen molar-refractivity contribution in [2.45, 2.75) is 13.5 Å². The van der Waals surface area contributed by atoms with E-state index in [1.165, 1.54) is 0 Å². The zero-order valence-electron chi connectivity index (χ0n) is 10.9. The van der Waals surface area contributed by atoms with Crippen LogP contribution in [0.4, 0.5) is 0 Å². The summed E-state index contributed by atoms with van der Waals surface area (Å²) in [5.74, 6) is 0.169. The first kappa shape index (κ1) is 17.4. The van der Waals surface area contributed by atoms with Gasteiger partial charge < -0.3 is 10.2 Å². The molecule has 0 radical (unpaired) electrons. The van der Waals surface area contributed by atoms with Crippen LogP contribution in [0.1, 0.15) is 12.5 Å². The number of halogens is 2. The summed E-state index contributed by atoms with van der Waals surface area (Å²) in [6.07, 6.45) is 0. The molecule has 102 valence electrons. The molecule has 1 rings (SSSR count). The molecule has 5 heteroatoms. The molecule has 0 aliphatic heterocycles. The van der Waals surface area contributed by atoms with Crippen LogP contribution < -0.4 is 5.32 Å². The quantitative estimate of drug-likeness (QED) is 0.897. The van der Waals surface area contributed by atoms with Crippen molar-refractivity contribution in [3.05, 3.63) is 34.3 Å². The fourth-order valence-corrected chi connectivity index (χ4v) is 2.14. The molecule has 1 unspecified atom stereocenters. The summed E-state index contributed by atoms with van der Waals surface area (Å²) in [6.45, 7) is 3.28. The molecule has 0 fully saturated rings. The predicted octanol–water partition coefficient (Wildman–Crippen LogP) is 2.68. The fraction of sp³-hybridized carbons (Fsp3) is 0.462. The third kappa shape index (κ3) is 4.96. The van der Waals surface area contributed by atoms with E-state index in [0.29, 0.717) is 13.1 Å². The summed E-state index contributed by atoms with van der Waals surface area (Å²) in [7, 11) is 3.70. The van der Waals surface area contributed by atoms with Gasteiger partial charge in [0, 0.05) is 30.5 Å². The van der Waals surface area contributed by atoms with Crippen molar-refractivity contribution in [1.82, 2.24) is 10.2 Å². The minimum atomic E-state index is 0. The molecule has 0 saturated heterocycles. The van der Waals surface area contributed by atoms with Gasteiger partial charge in [-0.3, -0.25) is 4.79 Å². The van der Waals surface area contributed by atoms with Crippen LogP contribution >= 0.6 is 28.3 Å². The van der Waals surface area contributed by atoms with Gasteiger partial charge in [0.1, 0.15) is 0 Å². The number of rotatable bonds is 5. The van der Waals surface area contributed by atoms with Gasteiger partial charge in [-0.2, -0.15) is 0 Å². The second-order valence-corrected chi connectivity index (χ2v) is 5.10. The van der Waals surface area contributed by atoms with Gasteiger partial charge in [-0.25, -0.2) is 0 Å². The standard InChI is InChI=1S/C13H19BrN2O.ClH/c1-10(8-15-2)13(17)16(3)9-11-6-4-5-7-12(11)14;/h4-7,10,15H,8-9H2,1-3H3;1H. The van der Waals surface area contributed by atoms with Crippen LogP contribution in [0, 0.1) is 5.92 Å². The third-order valence-corrected chi connectivity index (χ3v) is 3.45. The summed E-state index contributed by atoms with van der Waals surface area (Å²) in [5, 5.41) is 3.02. The van der Waals surface area contributed by atoms with Crippen molar-refractivity contribution >= 4 is 34.2 Å². The van der Waals surface area contributed by atoms with E-state index < -0.39 is 0 Å². The second kappa shape index (κ2) is 8.51. The van der Waals surface area contributed by atoms with Crippen molar-refractivity contribution < 1.29 is 4.79 Å². The van der Waals surface area contributed by atoms with Crippen LogP contribution in [0.3, 0.4) is 0 Å². The average molecular weight is 336 g/mol. The molecular weight excluding hydrogens is 316 g/mol. The molecule has 1 atom stereocenters. The molecule has 0 heterocycles. The molecule has 1 aromatic carbocycles. The average Bonchev–Trinajstić information content (AvgIpc) is 2.31. The Kier molecular flexibility index (Phi) is 8.24. The SMILES string of the molecule is CNCC(C)C(=O)N(C)Cc1ccccc1Br.Cl. The van der Waals surface area contributed by atoms with Crippen molar-refractivity contribution in [2.24, 2.45) is 5.92 Å². The van der Waals surface area contributed by atoms with Gasteiger partial charge in [-0.1, -0.05) is 41.1 Å². The van der Waals surface area contributed by atoms with Crippen molar-refractivity contribution in [3.63, 3.8) is 0 Å². The van der Waals surface area contributed by atoms with Crippen molar-refractivity contribution in [3.8, 4) is 0 Å². The topological polar surface area (TPSA) is 32.3 Å². The van der Waals surface area contributed by atoms with Crippen LogP contribution in [-0.4, -0.2) is 31.4 Å². The summed E-state index contributed by atoms with van der Waals surface area (Å²) < 4.78 is 1.04. The van der Waals surface area contributed by atoms with Crippen molar-refractivity contribution in [2.75, 3.05) is 20.6 Å². The van der Waals surface area contributed by atoms with E-state index in [1.807, 2.05) is 45.3 Å². The first-order valence-electron chi connectivity index (χ1n) is 5.69. The first-order chi connectivity index (χ1) is 8.06. The van der Waals surface area contributed by atoms with Crippen LogP contribution in [0.5, 0.6) is 0 Å². The van der Waals surface area contributed by atoms with Gasteiger partial charge in [0.2, 0.25) is 5.91 Å². The van der Waals surface area contributed by atoms with Crippen LogP contribution in [0.2, 0.25) is 0 Å². The van der Waals surface area contributed by atoms with E-state index in [1.54, 1.807) is 4.90 Å². The molecule has 0 saturated carbocycles. The maximum Gasteiger partial charge on any atom is 0.226 e. The minimum absolute atomic E-state index is 0. The molecular formula is C13H20BrClN2O. The minimum Gasteiger partial charge on any atom is -0.341 e. The highest BCUT2D eigenvalue weighted by Crippen LogP contribution is 2.17. The van der Waals surface area contributed by atoms with Gasteiger partial charge >= 0.3 is 0 Å². The lowest BCUT2D eigenvalue weighted by Crippen LogP contribution is -2.35. The Morgan fingerprint density at radius 3 is 2.61 bits per heavy atom.